The summed E-state index contributed by atoms with van der Waals surface area (Å²) in [5.41, 5.74) is 1.71. The fraction of sp³-hybridized carbons (Fsp3) is 0.133. The predicted molar refractivity (Wildman–Crippen MR) is 68.8 cm³/mol. The minimum Gasteiger partial charge on any atom is -0.299 e. The highest BCUT2D eigenvalue weighted by Crippen LogP contribution is 2.06. The van der Waals surface area contributed by atoms with Gasteiger partial charge in [-0.1, -0.05) is 18.1 Å². The lowest BCUT2D eigenvalue weighted by Gasteiger charge is -2.01. The smallest absolute Gasteiger partial charge is 0.144 e. The third-order valence-electron chi connectivity index (χ3n) is 2.47. The van der Waals surface area contributed by atoms with Gasteiger partial charge in [-0.3, -0.25) is 4.79 Å². The van der Waals surface area contributed by atoms with Crippen LogP contribution in [0.3, 0.4) is 0 Å². The Kier molecular flexibility index (Phi) is 3.83. The average molecular weight is 236 g/mol. The quantitative estimate of drug-likeness (QED) is 0.760. The molecule has 0 aliphatic carbocycles. The Labute approximate surface area is 106 Å². The van der Waals surface area contributed by atoms with Gasteiger partial charge in [-0.25, -0.2) is 9.97 Å². The second-order valence-electron chi connectivity index (χ2n) is 3.90. The molecule has 0 radical (unpaired) electrons. The van der Waals surface area contributed by atoms with Gasteiger partial charge in [0, 0.05) is 24.4 Å². The molecule has 3 heteroatoms. The van der Waals surface area contributed by atoms with E-state index in [2.05, 4.69) is 15.9 Å². The maximum absolute atomic E-state index is 11.8. The zero-order valence-corrected chi connectivity index (χ0v) is 9.84. The zero-order chi connectivity index (χ0) is 12.8. The van der Waals surface area contributed by atoms with Gasteiger partial charge in [-0.15, -0.1) is 6.42 Å². The topological polar surface area (TPSA) is 42.9 Å². The molecular formula is C15H12N2O. The Hall–Kier alpha value is -2.47. The lowest BCUT2D eigenvalue weighted by molar-refractivity contribution is -0.117. The first-order chi connectivity index (χ1) is 8.78. The van der Waals surface area contributed by atoms with Crippen molar-refractivity contribution in [2.45, 2.75) is 12.8 Å². The summed E-state index contributed by atoms with van der Waals surface area (Å²) in [6.07, 6.45) is 9.19. The van der Waals surface area contributed by atoms with Crippen molar-refractivity contribution >= 4 is 5.78 Å². The molecule has 1 heterocycles. The molecule has 0 saturated heterocycles. The maximum atomic E-state index is 11.8. The number of benzene rings is 1. The normalized spacial score (nSPS) is 9.72. The molecule has 0 aliphatic heterocycles. The number of carbonyl (C=O) groups is 1. The summed E-state index contributed by atoms with van der Waals surface area (Å²) in [5.74, 6) is 3.18. The standard InChI is InChI=1S/C15H12N2O/c1-2-12-5-3-6-13(9-12)10-14(18)11-15-16-7-4-8-17-15/h1,3-9H,10-11H2. The van der Waals surface area contributed by atoms with Gasteiger partial charge in [0.15, 0.2) is 0 Å². The fourth-order valence-corrected chi connectivity index (χ4v) is 1.66. The number of aromatic nitrogens is 2. The largest absolute Gasteiger partial charge is 0.299 e. The number of Topliss-reactive ketones (excluding diaryl/α,β-unsaturated/α-hetero) is 1. The molecule has 0 amide bonds. The average Bonchev–Trinajstić information content (AvgIpc) is 2.40. The summed E-state index contributed by atoms with van der Waals surface area (Å²) in [6, 6.07) is 9.17. The summed E-state index contributed by atoms with van der Waals surface area (Å²) in [5, 5.41) is 0. The van der Waals surface area contributed by atoms with Crippen molar-refractivity contribution in [1.82, 2.24) is 9.97 Å². The summed E-state index contributed by atoms with van der Waals surface area (Å²) in [6.45, 7) is 0. The van der Waals surface area contributed by atoms with Gasteiger partial charge < -0.3 is 0 Å². The SMILES string of the molecule is C#Cc1cccc(CC(=O)Cc2ncccn2)c1. The Bertz CT molecular complexity index is 585. The third-order valence-corrected chi connectivity index (χ3v) is 2.47. The van der Waals surface area contributed by atoms with Crippen molar-refractivity contribution in [2.24, 2.45) is 0 Å². The Morgan fingerprint density at radius 2 is 1.94 bits per heavy atom. The van der Waals surface area contributed by atoms with Gasteiger partial charge in [0.2, 0.25) is 0 Å². The van der Waals surface area contributed by atoms with Gasteiger partial charge in [-0.2, -0.15) is 0 Å². The molecule has 0 atom stereocenters. The van der Waals surface area contributed by atoms with E-state index in [9.17, 15) is 4.79 Å². The lowest BCUT2D eigenvalue weighted by atomic mass is 10.0. The van der Waals surface area contributed by atoms with Crippen LogP contribution in [-0.4, -0.2) is 15.8 Å². The highest BCUT2D eigenvalue weighted by molar-refractivity contribution is 5.82. The number of nitrogens with zero attached hydrogens (tertiary/aromatic N) is 2. The van der Waals surface area contributed by atoms with Crippen LogP contribution in [0, 0.1) is 12.3 Å². The predicted octanol–water partition coefficient (Wildman–Crippen LogP) is 1.81. The Balaban J connectivity index is 2.01. The van der Waals surface area contributed by atoms with Crippen molar-refractivity contribution in [1.29, 1.82) is 0 Å². The minimum atomic E-state index is 0.0790. The van der Waals surface area contributed by atoms with Crippen molar-refractivity contribution < 1.29 is 4.79 Å². The van der Waals surface area contributed by atoms with Crippen LogP contribution < -0.4 is 0 Å². The van der Waals surface area contributed by atoms with Gasteiger partial charge >= 0.3 is 0 Å². The molecule has 0 spiro atoms. The van der Waals surface area contributed by atoms with Crippen LogP contribution in [0.1, 0.15) is 17.0 Å². The highest BCUT2D eigenvalue weighted by Gasteiger charge is 2.07. The van der Waals surface area contributed by atoms with Crippen molar-refractivity contribution in [2.75, 3.05) is 0 Å². The Morgan fingerprint density at radius 3 is 2.67 bits per heavy atom. The molecule has 2 rings (SSSR count). The molecule has 0 N–H and O–H groups in total. The van der Waals surface area contributed by atoms with Gasteiger partial charge in [-0.05, 0) is 23.8 Å². The monoisotopic (exact) mass is 236 g/mol. The van der Waals surface area contributed by atoms with Crippen molar-refractivity contribution in [3.63, 3.8) is 0 Å². The van der Waals surface area contributed by atoms with E-state index in [-0.39, 0.29) is 12.2 Å². The molecule has 2 aromatic rings. The molecule has 1 aromatic carbocycles. The first-order valence-electron chi connectivity index (χ1n) is 5.61. The molecule has 88 valence electrons. The summed E-state index contributed by atoms with van der Waals surface area (Å²) in [4.78, 5) is 19.9. The number of carbonyl (C=O) groups excluding carboxylic acids is 1. The van der Waals surface area contributed by atoms with Crippen LogP contribution in [0.25, 0.3) is 0 Å². The van der Waals surface area contributed by atoms with E-state index in [1.807, 2.05) is 24.3 Å². The minimum absolute atomic E-state index is 0.0790. The molecule has 0 aliphatic rings. The summed E-state index contributed by atoms with van der Waals surface area (Å²) in [7, 11) is 0. The molecule has 0 unspecified atom stereocenters. The van der Waals surface area contributed by atoms with E-state index in [4.69, 9.17) is 6.42 Å². The first-order valence-corrected chi connectivity index (χ1v) is 5.61. The van der Waals surface area contributed by atoms with Crippen LogP contribution in [0.5, 0.6) is 0 Å². The number of hydrogen-bond acceptors (Lipinski definition) is 3. The lowest BCUT2D eigenvalue weighted by Crippen LogP contribution is -2.09. The molecule has 1 aromatic heterocycles. The molecule has 0 saturated carbocycles. The van der Waals surface area contributed by atoms with Crippen molar-refractivity contribution in [3.05, 3.63) is 59.7 Å². The maximum Gasteiger partial charge on any atom is 0.144 e. The van der Waals surface area contributed by atoms with Crippen LogP contribution in [0.2, 0.25) is 0 Å². The van der Waals surface area contributed by atoms with E-state index < -0.39 is 0 Å². The van der Waals surface area contributed by atoms with Crippen LogP contribution in [0.15, 0.2) is 42.7 Å². The molecular weight excluding hydrogens is 224 g/mol. The number of terminal acetylenes is 1. The summed E-state index contributed by atoms with van der Waals surface area (Å²) >= 11 is 0. The zero-order valence-electron chi connectivity index (χ0n) is 9.84. The van der Waals surface area contributed by atoms with E-state index in [1.54, 1.807) is 18.5 Å². The fourth-order valence-electron chi connectivity index (χ4n) is 1.66. The van der Waals surface area contributed by atoms with E-state index in [0.717, 1.165) is 11.1 Å². The number of rotatable bonds is 4. The molecule has 0 bridgehead atoms. The van der Waals surface area contributed by atoms with Crippen LogP contribution >= 0.6 is 0 Å². The van der Waals surface area contributed by atoms with E-state index in [0.29, 0.717) is 12.2 Å². The van der Waals surface area contributed by atoms with E-state index in [1.165, 1.54) is 0 Å². The van der Waals surface area contributed by atoms with Crippen LogP contribution in [0.4, 0.5) is 0 Å². The van der Waals surface area contributed by atoms with E-state index >= 15 is 0 Å². The Morgan fingerprint density at radius 1 is 1.17 bits per heavy atom. The van der Waals surface area contributed by atoms with Gasteiger partial charge in [0.25, 0.3) is 0 Å². The highest BCUT2D eigenvalue weighted by atomic mass is 16.1. The molecule has 18 heavy (non-hydrogen) atoms. The second-order valence-corrected chi connectivity index (χ2v) is 3.90. The first kappa shape index (κ1) is 12.0. The summed E-state index contributed by atoms with van der Waals surface area (Å²) < 4.78 is 0. The van der Waals surface area contributed by atoms with Gasteiger partial charge in [0.1, 0.15) is 11.6 Å². The number of ketones is 1. The second kappa shape index (κ2) is 5.74. The van der Waals surface area contributed by atoms with Crippen molar-refractivity contribution in [3.8, 4) is 12.3 Å². The molecule has 0 fully saturated rings. The molecule has 3 nitrogen and oxygen atoms in total. The third kappa shape index (κ3) is 3.26. The number of hydrogen-bond donors (Lipinski definition) is 0. The van der Waals surface area contributed by atoms with Crippen LogP contribution in [-0.2, 0) is 17.6 Å². The van der Waals surface area contributed by atoms with Gasteiger partial charge in [0.05, 0.1) is 6.42 Å².